The number of carbonyl (C=O) groups excluding carboxylic acids is 1. The quantitative estimate of drug-likeness (QED) is 0.501. The van der Waals surface area contributed by atoms with Gasteiger partial charge in [0.25, 0.3) is 0 Å². The molecule has 5 rings (SSSR count). The standard InChI is InChI=1S/C27H29ClN4O3S/c28-24-5-1-21(2-6-24)22-3-7-26(8-4-22)36(34,35)32-19-17-31(18-20-32)27(33)23-11-15-30(16-12-23)25-9-13-29-14-10-25/h1-10,13-14,23H,11-12,15-20H2. The van der Waals surface area contributed by atoms with Gasteiger partial charge in [-0.15, -0.1) is 0 Å². The van der Waals surface area contributed by atoms with Crippen LogP contribution in [0.3, 0.4) is 0 Å². The minimum Gasteiger partial charge on any atom is -0.371 e. The number of hydrogen-bond acceptors (Lipinski definition) is 5. The first-order chi connectivity index (χ1) is 17.4. The summed E-state index contributed by atoms with van der Waals surface area (Å²) in [4.78, 5) is 21.6. The molecule has 0 atom stereocenters. The summed E-state index contributed by atoms with van der Waals surface area (Å²) in [6.45, 7) is 3.13. The molecule has 9 heteroatoms. The van der Waals surface area contributed by atoms with Crippen LogP contribution in [0.25, 0.3) is 11.1 Å². The summed E-state index contributed by atoms with van der Waals surface area (Å²) >= 11 is 5.96. The molecular formula is C27H29ClN4O3S. The number of halogens is 1. The minimum absolute atomic E-state index is 0.00773. The number of pyridine rings is 1. The Hall–Kier alpha value is -2.94. The average Bonchev–Trinajstić information content (AvgIpc) is 2.94. The van der Waals surface area contributed by atoms with Crippen LogP contribution in [0, 0.1) is 5.92 Å². The normalized spacial score (nSPS) is 17.8. The monoisotopic (exact) mass is 524 g/mol. The molecule has 3 aromatic rings. The Morgan fingerprint density at radius 2 is 1.33 bits per heavy atom. The van der Waals surface area contributed by atoms with E-state index in [2.05, 4.69) is 9.88 Å². The number of benzene rings is 2. The van der Waals surface area contributed by atoms with Crippen LogP contribution >= 0.6 is 11.6 Å². The van der Waals surface area contributed by atoms with Crippen LogP contribution in [0.1, 0.15) is 12.8 Å². The van der Waals surface area contributed by atoms with E-state index in [0.29, 0.717) is 31.2 Å². The molecule has 3 heterocycles. The fourth-order valence-corrected chi connectivity index (χ4v) is 6.51. The topological polar surface area (TPSA) is 73.8 Å². The molecule has 36 heavy (non-hydrogen) atoms. The average molecular weight is 525 g/mol. The highest BCUT2D eigenvalue weighted by Gasteiger charge is 2.34. The third-order valence-electron chi connectivity index (χ3n) is 7.09. The SMILES string of the molecule is O=C(C1CCN(c2ccncc2)CC1)N1CCN(S(=O)(=O)c2ccc(-c3ccc(Cl)cc3)cc2)CC1. The van der Waals surface area contributed by atoms with Gasteiger partial charge < -0.3 is 9.80 Å². The van der Waals surface area contributed by atoms with Gasteiger partial charge in [-0.2, -0.15) is 4.31 Å². The van der Waals surface area contributed by atoms with E-state index in [9.17, 15) is 13.2 Å². The fraction of sp³-hybridized carbons (Fsp3) is 0.333. The molecule has 0 saturated carbocycles. The van der Waals surface area contributed by atoms with E-state index in [1.165, 1.54) is 4.31 Å². The predicted octanol–water partition coefficient (Wildman–Crippen LogP) is 4.15. The second kappa shape index (κ2) is 10.6. The second-order valence-electron chi connectivity index (χ2n) is 9.23. The number of piperazine rings is 1. The van der Waals surface area contributed by atoms with Crippen LogP contribution < -0.4 is 4.90 Å². The summed E-state index contributed by atoms with van der Waals surface area (Å²) < 4.78 is 27.9. The maximum absolute atomic E-state index is 13.2. The van der Waals surface area contributed by atoms with Crippen molar-refractivity contribution < 1.29 is 13.2 Å². The maximum Gasteiger partial charge on any atom is 0.243 e. The molecule has 0 bridgehead atoms. The van der Waals surface area contributed by atoms with Crippen molar-refractivity contribution in [3.05, 3.63) is 78.1 Å². The molecule has 2 aliphatic rings. The van der Waals surface area contributed by atoms with Crippen molar-refractivity contribution in [2.24, 2.45) is 5.92 Å². The number of amides is 1. The van der Waals surface area contributed by atoms with Gasteiger partial charge in [0.15, 0.2) is 0 Å². The number of hydrogen-bond donors (Lipinski definition) is 0. The van der Waals surface area contributed by atoms with Crippen molar-refractivity contribution in [2.45, 2.75) is 17.7 Å². The van der Waals surface area contributed by atoms with Gasteiger partial charge >= 0.3 is 0 Å². The molecule has 0 aliphatic carbocycles. The zero-order valence-corrected chi connectivity index (χ0v) is 21.5. The van der Waals surface area contributed by atoms with Crippen molar-refractivity contribution in [1.29, 1.82) is 0 Å². The molecule has 0 radical (unpaired) electrons. The number of sulfonamides is 1. The molecule has 2 fully saturated rings. The lowest BCUT2D eigenvalue weighted by Crippen LogP contribution is -2.52. The predicted molar refractivity (Wildman–Crippen MR) is 141 cm³/mol. The molecule has 2 aromatic carbocycles. The molecule has 0 N–H and O–H groups in total. The first-order valence-electron chi connectivity index (χ1n) is 12.2. The van der Waals surface area contributed by atoms with Crippen molar-refractivity contribution in [1.82, 2.24) is 14.2 Å². The summed E-state index contributed by atoms with van der Waals surface area (Å²) in [6.07, 6.45) is 5.18. The molecule has 188 valence electrons. The highest BCUT2D eigenvalue weighted by Crippen LogP contribution is 2.27. The van der Waals surface area contributed by atoms with Gasteiger partial charge in [-0.25, -0.2) is 8.42 Å². The Morgan fingerprint density at radius 1 is 0.778 bits per heavy atom. The lowest BCUT2D eigenvalue weighted by Gasteiger charge is -2.38. The number of rotatable bonds is 5. The van der Waals surface area contributed by atoms with E-state index >= 15 is 0 Å². The van der Waals surface area contributed by atoms with E-state index in [-0.39, 0.29) is 16.7 Å². The Kier molecular flexibility index (Phi) is 7.27. The summed E-state index contributed by atoms with van der Waals surface area (Å²) in [5.74, 6) is 0.139. The first kappa shape index (κ1) is 24.7. The number of carbonyl (C=O) groups is 1. The maximum atomic E-state index is 13.2. The molecule has 2 saturated heterocycles. The van der Waals surface area contributed by atoms with Gasteiger partial charge in [-0.3, -0.25) is 9.78 Å². The van der Waals surface area contributed by atoms with E-state index in [0.717, 1.165) is 42.7 Å². The van der Waals surface area contributed by atoms with Crippen molar-refractivity contribution >= 4 is 33.2 Å². The van der Waals surface area contributed by atoms with Crippen LogP contribution in [0.15, 0.2) is 78.0 Å². The van der Waals surface area contributed by atoms with Crippen molar-refractivity contribution in [3.8, 4) is 11.1 Å². The van der Waals surface area contributed by atoms with Gasteiger partial charge in [0.1, 0.15) is 0 Å². The third kappa shape index (κ3) is 5.26. The zero-order valence-electron chi connectivity index (χ0n) is 20.0. The van der Waals surface area contributed by atoms with Crippen LogP contribution in [0.2, 0.25) is 5.02 Å². The zero-order chi connectivity index (χ0) is 25.1. The Morgan fingerprint density at radius 3 is 1.92 bits per heavy atom. The molecule has 1 amide bonds. The summed E-state index contributed by atoms with van der Waals surface area (Å²) in [5.41, 5.74) is 3.04. The highest BCUT2D eigenvalue weighted by atomic mass is 35.5. The van der Waals surface area contributed by atoms with Crippen LogP contribution in [0.5, 0.6) is 0 Å². The van der Waals surface area contributed by atoms with Gasteiger partial charge in [-0.1, -0.05) is 35.9 Å². The smallest absolute Gasteiger partial charge is 0.243 e. The number of anilines is 1. The Labute approximate surface area is 217 Å². The van der Waals surface area contributed by atoms with Gasteiger partial charge in [-0.05, 0) is 60.4 Å². The van der Waals surface area contributed by atoms with Crippen molar-refractivity contribution in [2.75, 3.05) is 44.2 Å². The van der Waals surface area contributed by atoms with Gasteiger partial charge in [0, 0.05) is 68.3 Å². The number of nitrogens with zero attached hydrogens (tertiary/aromatic N) is 4. The van der Waals surface area contributed by atoms with E-state index < -0.39 is 10.0 Å². The Bertz CT molecular complexity index is 1290. The molecular weight excluding hydrogens is 496 g/mol. The minimum atomic E-state index is -3.62. The van der Waals surface area contributed by atoms with Crippen LogP contribution in [-0.4, -0.2) is 67.8 Å². The van der Waals surface area contributed by atoms with Crippen molar-refractivity contribution in [3.63, 3.8) is 0 Å². The van der Waals surface area contributed by atoms with E-state index in [4.69, 9.17) is 11.6 Å². The molecule has 7 nitrogen and oxygen atoms in total. The second-order valence-corrected chi connectivity index (χ2v) is 11.6. The first-order valence-corrected chi connectivity index (χ1v) is 14.0. The van der Waals surface area contributed by atoms with Gasteiger partial charge in [0.2, 0.25) is 15.9 Å². The lowest BCUT2D eigenvalue weighted by molar-refractivity contribution is -0.137. The molecule has 0 spiro atoms. The van der Waals surface area contributed by atoms with E-state index in [1.54, 1.807) is 24.5 Å². The third-order valence-corrected chi connectivity index (χ3v) is 9.26. The lowest BCUT2D eigenvalue weighted by atomic mass is 9.94. The number of piperidine rings is 1. The number of aromatic nitrogens is 1. The van der Waals surface area contributed by atoms with Gasteiger partial charge in [0.05, 0.1) is 4.90 Å². The summed E-state index contributed by atoms with van der Waals surface area (Å²) in [6, 6.07) is 18.3. The molecule has 2 aliphatic heterocycles. The fourth-order valence-electron chi connectivity index (χ4n) is 4.96. The highest BCUT2D eigenvalue weighted by molar-refractivity contribution is 7.89. The van der Waals surface area contributed by atoms with Crippen LogP contribution in [-0.2, 0) is 14.8 Å². The molecule has 1 aromatic heterocycles. The largest absolute Gasteiger partial charge is 0.371 e. The van der Waals surface area contributed by atoms with E-state index in [1.807, 2.05) is 53.4 Å². The molecule has 0 unspecified atom stereocenters. The Balaban J connectivity index is 1.16. The summed E-state index contributed by atoms with van der Waals surface area (Å²) in [5, 5.41) is 0.658. The van der Waals surface area contributed by atoms with Crippen LogP contribution in [0.4, 0.5) is 5.69 Å². The summed E-state index contributed by atoms with van der Waals surface area (Å²) in [7, 11) is -3.62.